The minimum absolute atomic E-state index is 0.0630. The van der Waals surface area contributed by atoms with Crippen LogP contribution in [0.25, 0.3) is 11.3 Å². The van der Waals surface area contributed by atoms with Crippen molar-refractivity contribution in [1.29, 1.82) is 0 Å². The SMILES string of the molecule is COc1ccc(Br)c(-c2cc(C(=O)O)[nH]n2)c1F. The Morgan fingerprint density at radius 2 is 2.28 bits per heavy atom. The Bertz CT molecular complexity index is 612. The summed E-state index contributed by atoms with van der Waals surface area (Å²) in [5, 5.41) is 14.9. The summed E-state index contributed by atoms with van der Waals surface area (Å²) >= 11 is 3.20. The first-order valence-electron chi connectivity index (χ1n) is 4.85. The number of rotatable bonds is 3. The van der Waals surface area contributed by atoms with Crippen LogP contribution in [0.15, 0.2) is 22.7 Å². The Labute approximate surface area is 110 Å². The fourth-order valence-electron chi connectivity index (χ4n) is 1.49. The number of H-pyrrole nitrogens is 1. The number of halogens is 2. The fraction of sp³-hybridized carbons (Fsp3) is 0.0909. The van der Waals surface area contributed by atoms with E-state index in [1.807, 2.05) is 0 Å². The molecule has 94 valence electrons. The van der Waals surface area contributed by atoms with Crippen LogP contribution in [0.2, 0.25) is 0 Å². The van der Waals surface area contributed by atoms with Crippen molar-refractivity contribution in [2.24, 2.45) is 0 Å². The van der Waals surface area contributed by atoms with Gasteiger partial charge in [0.05, 0.1) is 18.4 Å². The molecule has 0 bridgehead atoms. The molecule has 7 heteroatoms. The van der Waals surface area contributed by atoms with Crippen molar-refractivity contribution in [3.8, 4) is 17.0 Å². The van der Waals surface area contributed by atoms with E-state index >= 15 is 0 Å². The summed E-state index contributed by atoms with van der Waals surface area (Å²) in [6.45, 7) is 0. The number of nitrogens with one attached hydrogen (secondary N) is 1. The summed E-state index contributed by atoms with van der Waals surface area (Å²) in [7, 11) is 1.35. The maximum absolute atomic E-state index is 14.1. The Morgan fingerprint density at radius 1 is 1.56 bits per heavy atom. The maximum atomic E-state index is 14.1. The molecule has 0 spiro atoms. The average molecular weight is 315 g/mol. The van der Waals surface area contributed by atoms with Crippen molar-refractivity contribution in [2.75, 3.05) is 7.11 Å². The zero-order valence-electron chi connectivity index (χ0n) is 9.20. The summed E-state index contributed by atoms with van der Waals surface area (Å²) in [5.74, 6) is -1.70. The van der Waals surface area contributed by atoms with Crippen LogP contribution in [0, 0.1) is 5.82 Å². The number of ether oxygens (including phenoxy) is 1. The van der Waals surface area contributed by atoms with E-state index < -0.39 is 11.8 Å². The molecule has 0 saturated carbocycles. The second kappa shape index (κ2) is 4.77. The van der Waals surface area contributed by atoms with Gasteiger partial charge in [-0.15, -0.1) is 0 Å². The van der Waals surface area contributed by atoms with Gasteiger partial charge < -0.3 is 9.84 Å². The number of aromatic carboxylic acids is 1. The summed E-state index contributed by atoms with van der Waals surface area (Å²) in [6, 6.07) is 4.32. The summed E-state index contributed by atoms with van der Waals surface area (Å²) in [4.78, 5) is 10.7. The summed E-state index contributed by atoms with van der Waals surface area (Å²) in [5.41, 5.74) is 0.230. The molecule has 2 rings (SSSR count). The number of methoxy groups -OCH3 is 1. The number of hydrogen-bond donors (Lipinski definition) is 2. The van der Waals surface area contributed by atoms with Crippen LogP contribution in [0.5, 0.6) is 5.75 Å². The molecule has 0 aliphatic heterocycles. The molecule has 0 aliphatic rings. The van der Waals surface area contributed by atoms with E-state index in [0.29, 0.717) is 4.47 Å². The lowest BCUT2D eigenvalue weighted by Crippen LogP contribution is -1.95. The molecule has 1 aromatic carbocycles. The molecule has 1 heterocycles. The molecule has 0 fully saturated rings. The number of carboxylic acid groups (broad SMARTS) is 1. The molecule has 0 amide bonds. The Morgan fingerprint density at radius 3 is 2.83 bits per heavy atom. The van der Waals surface area contributed by atoms with Gasteiger partial charge in [0.25, 0.3) is 0 Å². The van der Waals surface area contributed by atoms with E-state index in [1.54, 1.807) is 6.07 Å². The number of aromatic amines is 1. The lowest BCUT2D eigenvalue weighted by atomic mass is 10.1. The van der Waals surface area contributed by atoms with E-state index in [-0.39, 0.29) is 22.7 Å². The van der Waals surface area contributed by atoms with Crippen molar-refractivity contribution < 1.29 is 19.0 Å². The number of benzene rings is 1. The molecular weight excluding hydrogens is 307 g/mol. The third kappa shape index (κ3) is 2.08. The highest BCUT2D eigenvalue weighted by atomic mass is 79.9. The molecule has 18 heavy (non-hydrogen) atoms. The van der Waals surface area contributed by atoms with Crippen molar-refractivity contribution in [3.63, 3.8) is 0 Å². The summed E-state index contributed by atoms with van der Waals surface area (Å²) < 4.78 is 19.4. The van der Waals surface area contributed by atoms with Gasteiger partial charge in [0.2, 0.25) is 0 Å². The van der Waals surface area contributed by atoms with Crippen LogP contribution in [-0.2, 0) is 0 Å². The third-order valence-corrected chi connectivity index (χ3v) is 3.00. The minimum atomic E-state index is -1.16. The highest BCUT2D eigenvalue weighted by Crippen LogP contribution is 2.34. The summed E-state index contributed by atoms with van der Waals surface area (Å²) in [6.07, 6.45) is 0. The number of carbonyl (C=O) groups is 1. The van der Waals surface area contributed by atoms with Gasteiger partial charge in [-0.25, -0.2) is 9.18 Å². The molecule has 0 atom stereocenters. The van der Waals surface area contributed by atoms with Crippen molar-refractivity contribution in [3.05, 3.63) is 34.2 Å². The second-order valence-corrected chi connectivity index (χ2v) is 4.26. The van der Waals surface area contributed by atoms with E-state index in [1.165, 1.54) is 19.2 Å². The monoisotopic (exact) mass is 314 g/mol. The Hall–Kier alpha value is -1.89. The van der Waals surface area contributed by atoms with Crippen LogP contribution >= 0.6 is 15.9 Å². The highest BCUT2D eigenvalue weighted by molar-refractivity contribution is 9.10. The van der Waals surface area contributed by atoms with Crippen molar-refractivity contribution >= 4 is 21.9 Å². The lowest BCUT2D eigenvalue weighted by molar-refractivity contribution is 0.0690. The van der Waals surface area contributed by atoms with Gasteiger partial charge in [-0.2, -0.15) is 5.10 Å². The van der Waals surface area contributed by atoms with E-state index in [0.717, 1.165) is 0 Å². The molecule has 5 nitrogen and oxygen atoms in total. The van der Waals surface area contributed by atoms with Crippen molar-refractivity contribution in [1.82, 2.24) is 10.2 Å². The van der Waals surface area contributed by atoms with Crippen molar-refractivity contribution in [2.45, 2.75) is 0 Å². The zero-order valence-corrected chi connectivity index (χ0v) is 10.8. The van der Waals surface area contributed by atoms with E-state index in [2.05, 4.69) is 26.1 Å². The second-order valence-electron chi connectivity index (χ2n) is 3.41. The predicted octanol–water partition coefficient (Wildman–Crippen LogP) is 2.69. The van der Waals surface area contributed by atoms with E-state index in [9.17, 15) is 9.18 Å². The normalized spacial score (nSPS) is 10.4. The van der Waals surface area contributed by atoms with E-state index in [4.69, 9.17) is 9.84 Å². The van der Waals surface area contributed by atoms with Crippen LogP contribution in [0.1, 0.15) is 10.5 Å². The third-order valence-electron chi connectivity index (χ3n) is 2.34. The maximum Gasteiger partial charge on any atom is 0.353 e. The Kier molecular flexibility index (Phi) is 3.33. The highest BCUT2D eigenvalue weighted by Gasteiger charge is 2.18. The Balaban J connectivity index is 2.58. The van der Waals surface area contributed by atoms with Gasteiger partial charge >= 0.3 is 5.97 Å². The first-order valence-corrected chi connectivity index (χ1v) is 5.65. The zero-order chi connectivity index (χ0) is 13.3. The molecule has 2 aromatic rings. The number of carboxylic acids is 1. The molecule has 0 aliphatic carbocycles. The molecule has 2 N–H and O–H groups in total. The molecular formula is C11H8BrFN2O3. The van der Waals surface area contributed by atoms with Crippen LogP contribution < -0.4 is 4.74 Å². The quantitative estimate of drug-likeness (QED) is 0.913. The standard InChI is InChI=1S/C11H8BrFN2O3/c1-18-8-3-2-5(12)9(10(8)13)6-4-7(11(16)17)15-14-6/h2-4H,1H3,(H,14,15)(H,16,17). The van der Waals surface area contributed by atoms with Gasteiger partial charge in [-0.05, 0) is 34.1 Å². The van der Waals surface area contributed by atoms with Gasteiger partial charge in [-0.1, -0.05) is 0 Å². The number of aromatic nitrogens is 2. The van der Waals surface area contributed by atoms with Crippen LogP contribution in [-0.4, -0.2) is 28.4 Å². The average Bonchev–Trinajstić information content (AvgIpc) is 2.79. The van der Waals surface area contributed by atoms with Gasteiger partial charge in [0, 0.05) is 4.47 Å². The number of hydrogen-bond acceptors (Lipinski definition) is 3. The smallest absolute Gasteiger partial charge is 0.353 e. The van der Waals surface area contributed by atoms with Gasteiger partial charge in [0.1, 0.15) is 5.69 Å². The number of nitrogens with zero attached hydrogens (tertiary/aromatic N) is 1. The van der Waals surface area contributed by atoms with Gasteiger partial charge in [-0.3, -0.25) is 5.10 Å². The van der Waals surface area contributed by atoms with Crippen LogP contribution in [0.4, 0.5) is 4.39 Å². The minimum Gasteiger partial charge on any atom is -0.494 e. The topological polar surface area (TPSA) is 75.2 Å². The molecule has 1 aromatic heterocycles. The molecule has 0 radical (unpaired) electrons. The largest absolute Gasteiger partial charge is 0.494 e. The lowest BCUT2D eigenvalue weighted by Gasteiger charge is -2.07. The van der Waals surface area contributed by atoms with Gasteiger partial charge in [0.15, 0.2) is 11.6 Å². The van der Waals surface area contributed by atoms with Crippen LogP contribution in [0.3, 0.4) is 0 Å². The first kappa shape index (κ1) is 12.6. The molecule has 0 unspecified atom stereocenters. The fourth-order valence-corrected chi connectivity index (χ4v) is 1.99. The predicted molar refractivity (Wildman–Crippen MR) is 65.2 cm³/mol. The first-order chi connectivity index (χ1) is 8.54. The molecule has 0 saturated heterocycles.